The van der Waals surface area contributed by atoms with E-state index in [1.54, 1.807) is 37.5 Å². The molecule has 0 N–H and O–H groups in total. The number of carbonyl (C=O) groups is 1. The SMILES string of the molecule is COc1cccc(C(=O)/C(C#N)=C/c2cc(C)n(CC(C)C)c2C)c1. The molecule has 0 bridgehead atoms. The minimum absolute atomic E-state index is 0.123. The second-order valence-corrected chi connectivity index (χ2v) is 6.56. The lowest BCUT2D eigenvalue weighted by molar-refractivity contribution is 0.103. The van der Waals surface area contributed by atoms with Crippen LogP contribution in [0.4, 0.5) is 0 Å². The van der Waals surface area contributed by atoms with Crippen molar-refractivity contribution in [3.05, 3.63) is 58.4 Å². The predicted molar refractivity (Wildman–Crippen MR) is 99.7 cm³/mol. The molecule has 0 saturated heterocycles. The number of ketones is 1. The van der Waals surface area contributed by atoms with Crippen LogP contribution in [0.15, 0.2) is 35.9 Å². The molecule has 1 aromatic heterocycles. The summed E-state index contributed by atoms with van der Waals surface area (Å²) in [4.78, 5) is 12.7. The molecule has 0 radical (unpaired) electrons. The summed E-state index contributed by atoms with van der Waals surface area (Å²) in [6.07, 6.45) is 1.68. The van der Waals surface area contributed by atoms with E-state index in [2.05, 4.69) is 18.4 Å². The Morgan fingerprint density at radius 2 is 2.04 bits per heavy atom. The lowest BCUT2D eigenvalue weighted by Crippen LogP contribution is -2.07. The van der Waals surface area contributed by atoms with Gasteiger partial charge in [-0.25, -0.2) is 0 Å². The highest BCUT2D eigenvalue weighted by Gasteiger charge is 2.15. The Balaban J connectivity index is 2.40. The van der Waals surface area contributed by atoms with Crippen molar-refractivity contribution >= 4 is 11.9 Å². The zero-order valence-corrected chi connectivity index (χ0v) is 15.5. The zero-order valence-electron chi connectivity index (χ0n) is 15.5. The number of nitrogens with zero attached hydrogens (tertiary/aromatic N) is 2. The van der Waals surface area contributed by atoms with Gasteiger partial charge in [-0.2, -0.15) is 5.26 Å². The predicted octanol–water partition coefficient (Wildman–Crippen LogP) is 4.56. The van der Waals surface area contributed by atoms with E-state index < -0.39 is 0 Å². The molecular weight excluding hydrogens is 312 g/mol. The van der Waals surface area contributed by atoms with Crippen molar-refractivity contribution in [1.29, 1.82) is 5.26 Å². The van der Waals surface area contributed by atoms with E-state index in [1.807, 2.05) is 26.0 Å². The number of rotatable bonds is 6. The Morgan fingerprint density at radius 1 is 1.32 bits per heavy atom. The van der Waals surface area contributed by atoms with Crippen LogP contribution in [-0.4, -0.2) is 17.5 Å². The van der Waals surface area contributed by atoms with Crippen molar-refractivity contribution < 1.29 is 9.53 Å². The van der Waals surface area contributed by atoms with Crippen molar-refractivity contribution in [1.82, 2.24) is 4.57 Å². The van der Waals surface area contributed by atoms with Crippen LogP contribution in [0.25, 0.3) is 6.08 Å². The van der Waals surface area contributed by atoms with Crippen LogP contribution >= 0.6 is 0 Å². The van der Waals surface area contributed by atoms with Gasteiger partial charge in [0.05, 0.1) is 7.11 Å². The van der Waals surface area contributed by atoms with Gasteiger partial charge >= 0.3 is 0 Å². The van der Waals surface area contributed by atoms with Gasteiger partial charge in [-0.3, -0.25) is 4.79 Å². The molecule has 0 unspecified atom stereocenters. The van der Waals surface area contributed by atoms with Crippen molar-refractivity contribution in [3.63, 3.8) is 0 Å². The van der Waals surface area contributed by atoms with Gasteiger partial charge in [-0.15, -0.1) is 0 Å². The van der Waals surface area contributed by atoms with Gasteiger partial charge in [0.2, 0.25) is 5.78 Å². The molecule has 130 valence electrons. The number of aryl methyl sites for hydroxylation is 1. The van der Waals surface area contributed by atoms with Gasteiger partial charge in [0.25, 0.3) is 0 Å². The number of carbonyl (C=O) groups excluding carboxylic acids is 1. The van der Waals surface area contributed by atoms with Crippen LogP contribution in [0.1, 0.15) is 41.2 Å². The van der Waals surface area contributed by atoms with E-state index in [1.165, 1.54) is 0 Å². The number of hydrogen-bond donors (Lipinski definition) is 0. The highest BCUT2D eigenvalue weighted by molar-refractivity contribution is 6.14. The Hall–Kier alpha value is -2.80. The summed E-state index contributed by atoms with van der Waals surface area (Å²) in [5.41, 5.74) is 3.67. The summed E-state index contributed by atoms with van der Waals surface area (Å²) in [6.45, 7) is 9.31. The highest BCUT2D eigenvalue weighted by Crippen LogP contribution is 2.22. The van der Waals surface area contributed by atoms with E-state index >= 15 is 0 Å². The molecule has 0 aliphatic rings. The molecular formula is C21H24N2O2. The summed E-state index contributed by atoms with van der Waals surface area (Å²) in [5.74, 6) is 0.823. The monoisotopic (exact) mass is 336 g/mol. The summed E-state index contributed by atoms with van der Waals surface area (Å²) >= 11 is 0. The topological polar surface area (TPSA) is 55.0 Å². The average Bonchev–Trinajstić information content (AvgIpc) is 2.86. The molecule has 1 aromatic carbocycles. The molecule has 0 fully saturated rings. The standard InChI is InChI=1S/C21H24N2O2/c1-14(2)13-23-15(3)9-18(16(23)4)10-19(12-22)21(24)17-7-6-8-20(11-17)25-5/h6-11,14H,13H2,1-5H3/b19-10+. The van der Waals surface area contributed by atoms with Gasteiger partial charge in [0, 0.05) is 23.5 Å². The largest absolute Gasteiger partial charge is 0.497 e. The lowest BCUT2D eigenvalue weighted by atomic mass is 10.0. The third-order valence-electron chi connectivity index (χ3n) is 4.16. The maximum Gasteiger partial charge on any atom is 0.203 e. The molecule has 2 rings (SSSR count). The Bertz CT molecular complexity index is 851. The van der Waals surface area contributed by atoms with Gasteiger partial charge < -0.3 is 9.30 Å². The first-order valence-electron chi connectivity index (χ1n) is 8.34. The van der Waals surface area contributed by atoms with E-state index in [0.29, 0.717) is 17.2 Å². The van der Waals surface area contributed by atoms with Crippen LogP contribution < -0.4 is 4.74 Å². The van der Waals surface area contributed by atoms with Crippen molar-refractivity contribution in [2.45, 2.75) is 34.2 Å². The number of benzene rings is 1. The molecule has 0 aliphatic heterocycles. The fourth-order valence-electron chi connectivity index (χ4n) is 2.84. The molecule has 0 aliphatic carbocycles. The van der Waals surface area contributed by atoms with Gasteiger partial charge in [-0.1, -0.05) is 26.0 Å². The normalized spacial score (nSPS) is 11.5. The molecule has 4 nitrogen and oxygen atoms in total. The van der Waals surface area contributed by atoms with E-state index in [9.17, 15) is 10.1 Å². The molecule has 0 amide bonds. The molecule has 0 atom stereocenters. The maximum absolute atomic E-state index is 12.7. The van der Waals surface area contributed by atoms with E-state index in [4.69, 9.17) is 4.74 Å². The molecule has 0 spiro atoms. The van der Waals surface area contributed by atoms with Gasteiger partial charge in [0.15, 0.2) is 0 Å². The van der Waals surface area contributed by atoms with Gasteiger partial charge in [0.1, 0.15) is 17.4 Å². The Kier molecular flexibility index (Phi) is 5.82. The van der Waals surface area contributed by atoms with Crippen LogP contribution in [0.2, 0.25) is 0 Å². The Labute approximate surface area is 149 Å². The summed E-state index contributed by atoms with van der Waals surface area (Å²) in [6, 6.07) is 10.9. The van der Waals surface area contributed by atoms with E-state index in [0.717, 1.165) is 23.5 Å². The second kappa shape index (κ2) is 7.85. The molecule has 0 saturated carbocycles. The number of ether oxygens (including phenoxy) is 1. The highest BCUT2D eigenvalue weighted by atomic mass is 16.5. The minimum Gasteiger partial charge on any atom is -0.497 e. The van der Waals surface area contributed by atoms with Crippen molar-refractivity contribution in [2.24, 2.45) is 5.92 Å². The van der Waals surface area contributed by atoms with Crippen molar-refractivity contribution in [2.75, 3.05) is 7.11 Å². The number of aromatic nitrogens is 1. The quantitative estimate of drug-likeness (QED) is 0.441. The molecule has 1 heterocycles. The molecule has 4 heteroatoms. The van der Waals surface area contributed by atoms with Gasteiger partial charge in [-0.05, 0) is 49.6 Å². The zero-order chi connectivity index (χ0) is 18.6. The number of nitriles is 1. The smallest absolute Gasteiger partial charge is 0.203 e. The first-order valence-corrected chi connectivity index (χ1v) is 8.34. The van der Waals surface area contributed by atoms with E-state index in [-0.39, 0.29) is 11.4 Å². The Morgan fingerprint density at radius 3 is 2.64 bits per heavy atom. The fourth-order valence-corrected chi connectivity index (χ4v) is 2.84. The molecule has 2 aromatic rings. The van der Waals surface area contributed by atoms with Crippen molar-refractivity contribution in [3.8, 4) is 11.8 Å². The average molecular weight is 336 g/mol. The lowest BCUT2D eigenvalue weighted by Gasteiger charge is -2.12. The minimum atomic E-state index is -0.296. The number of methoxy groups -OCH3 is 1. The number of hydrogen-bond acceptors (Lipinski definition) is 3. The summed E-state index contributed by atoms with van der Waals surface area (Å²) < 4.78 is 7.38. The fraction of sp³-hybridized carbons (Fsp3) is 0.333. The summed E-state index contributed by atoms with van der Waals surface area (Å²) in [5, 5.41) is 9.48. The summed E-state index contributed by atoms with van der Waals surface area (Å²) in [7, 11) is 1.55. The first kappa shape index (κ1) is 18.5. The van der Waals surface area contributed by atoms with Crippen LogP contribution in [0.3, 0.4) is 0 Å². The third-order valence-corrected chi connectivity index (χ3v) is 4.16. The van der Waals surface area contributed by atoms with Crippen LogP contribution in [-0.2, 0) is 6.54 Å². The van der Waals surface area contributed by atoms with Crippen LogP contribution in [0, 0.1) is 31.1 Å². The second-order valence-electron chi connectivity index (χ2n) is 6.56. The first-order chi connectivity index (χ1) is 11.9. The molecule has 25 heavy (non-hydrogen) atoms. The third kappa shape index (κ3) is 4.19. The van der Waals surface area contributed by atoms with Crippen LogP contribution in [0.5, 0.6) is 5.75 Å². The maximum atomic E-state index is 12.7. The number of allylic oxidation sites excluding steroid dienone is 1. The number of Topliss-reactive ketones (excluding diaryl/α,β-unsaturated/α-hetero) is 1.